The molecule has 1 amide bonds. The first-order valence-corrected chi connectivity index (χ1v) is 16.3. The molecule has 0 saturated heterocycles. The molecule has 2 aromatic carbocycles. The minimum atomic E-state index is -4.79. The van der Waals surface area contributed by atoms with E-state index in [1.54, 1.807) is 35.2 Å². The molecule has 46 heavy (non-hydrogen) atoms. The van der Waals surface area contributed by atoms with Gasteiger partial charge in [0.2, 0.25) is 0 Å². The molecule has 2 aliphatic carbocycles. The Balaban J connectivity index is 1.51. The average Bonchev–Trinajstić information content (AvgIpc) is 3.46. The molecule has 248 valence electrons. The maximum absolute atomic E-state index is 14.7. The van der Waals surface area contributed by atoms with Crippen LogP contribution in [0.3, 0.4) is 0 Å². The van der Waals surface area contributed by atoms with E-state index in [9.17, 15) is 18.0 Å². The zero-order valence-corrected chi connectivity index (χ0v) is 27.6. The Morgan fingerprint density at radius 3 is 2.15 bits per heavy atom. The second-order valence-electron chi connectivity index (χ2n) is 14.6. The first-order chi connectivity index (χ1) is 21.6. The zero-order valence-electron chi connectivity index (χ0n) is 27.6. The van der Waals surface area contributed by atoms with E-state index < -0.39 is 23.3 Å². The predicted molar refractivity (Wildman–Crippen MR) is 176 cm³/mol. The molecule has 0 atom stereocenters. The largest absolute Gasteiger partial charge is 0.434 e. The molecule has 0 spiro atoms. The SMILES string of the molecule is Cc1cc2c(cc1CN(CC1CCC(CN=C(N)N)CC1)C(=O)c1cnn(-c3ccccc3)c1C(F)(F)F)C(C)(C)CCC2(C)C. The maximum atomic E-state index is 14.7. The van der Waals surface area contributed by atoms with Gasteiger partial charge in [-0.05, 0) is 103 Å². The van der Waals surface area contributed by atoms with Gasteiger partial charge in [-0.25, -0.2) is 4.68 Å². The Labute approximate surface area is 270 Å². The molecular formula is C36H47F3N6O. The summed E-state index contributed by atoms with van der Waals surface area (Å²) in [6.07, 6.45) is 1.87. The third-order valence-electron chi connectivity index (χ3n) is 10.2. The van der Waals surface area contributed by atoms with Crippen LogP contribution in [0.2, 0.25) is 0 Å². The average molecular weight is 637 g/mol. The Morgan fingerprint density at radius 2 is 1.57 bits per heavy atom. The fourth-order valence-electron chi connectivity index (χ4n) is 7.22. The van der Waals surface area contributed by atoms with Crippen molar-refractivity contribution in [3.05, 3.63) is 82.2 Å². The molecule has 1 saturated carbocycles. The minimum Gasteiger partial charge on any atom is -0.370 e. The van der Waals surface area contributed by atoms with E-state index in [1.807, 2.05) is 6.92 Å². The third kappa shape index (κ3) is 7.10. The van der Waals surface area contributed by atoms with Crippen LogP contribution in [-0.2, 0) is 23.6 Å². The Morgan fingerprint density at radius 1 is 0.978 bits per heavy atom. The Kier molecular flexibility index (Phi) is 9.30. The number of aliphatic imine (C=N–C) groups is 1. The van der Waals surface area contributed by atoms with Crippen molar-refractivity contribution >= 4 is 11.9 Å². The summed E-state index contributed by atoms with van der Waals surface area (Å²) in [4.78, 5) is 20.1. The van der Waals surface area contributed by atoms with E-state index in [1.165, 1.54) is 11.1 Å². The molecule has 0 aliphatic heterocycles. The Hall–Kier alpha value is -3.82. The monoisotopic (exact) mass is 636 g/mol. The van der Waals surface area contributed by atoms with Gasteiger partial charge in [0.05, 0.1) is 17.4 Å². The van der Waals surface area contributed by atoms with Crippen LogP contribution in [0, 0.1) is 18.8 Å². The number of hydrogen-bond acceptors (Lipinski definition) is 3. The van der Waals surface area contributed by atoms with Crippen LogP contribution in [0.15, 0.2) is 53.7 Å². The van der Waals surface area contributed by atoms with Crippen molar-refractivity contribution in [2.24, 2.45) is 28.3 Å². The van der Waals surface area contributed by atoms with Crippen molar-refractivity contribution in [2.45, 2.75) is 96.7 Å². The Bertz CT molecular complexity index is 1580. The summed E-state index contributed by atoms with van der Waals surface area (Å²) in [7, 11) is 0. The normalized spacial score (nSPS) is 20.5. The van der Waals surface area contributed by atoms with E-state index in [4.69, 9.17) is 11.5 Å². The second-order valence-corrected chi connectivity index (χ2v) is 14.6. The van der Waals surface area contributed by atoms with Crippen LogP contribution in [-0.4, -0.2) is 39.6 Å². The van der Waals surface area contributed by atoms with E-state index >= 15 is 0 Å². The number of nitrogens with zero attached hydrogens (tertiary/aromatic N) is 4. The fraction of sp³-hybridized carbons (Fsp3) is 0.528. The molecule has 1 heterocycles. The smallest absolute Gasteiger partial charge is 0.370 e. The van der Waals surface area contributed by atoms with Crippen LogP contribution in [0.4, 0.5) is 13.2 Å². The van der Waals surface area contributed by atoms with Crippen molar-refractivity contribution in [3.8, 4) is 5.69 Å². The van der Waals surface area contributed by atoms with Crippen molar-refractivity contribution in [1.29, 1.82) is 0 Å². The molecule has 7 nitrogen and oxygen atoms in total. The quantitative estimate of drug-likeness (QED) is 0.201. The zero-order chi connectivity index (χ0) is 33.4. The van der Waals surface area contributed by atoms with Gasteiger partial charge < -0.3 is 16.4 Å². The lowest BCUT2D eigenvalue weighted by Crippen LogP contribution is -2.38. The van der Waals surface area contributed by atoms with E-state index in [-0.39, 0.29) is 34.9 Å². The number of nitrogens with two attached hydrogens (primary N) is 2. The molecule has 4 N–H and O–H groups in total. The van der Waals surface area contributed by atoms with Gasteiger partial charge in [-0.3, -0.25) is 9.79 Å². The summed E-state index contributed by atoms with van der Waals surface area (Å²) < 4.78 is 44.8. The first kappa shape index (κ1) is 33.5. The van der Waals surface area contributed by atoms with Gasteiger partial charge >= 0.3 is 6.18 Å². The molecule has 5 rings (SSSR count). The second kappa shape index (κ2) is 12.8. The van der Waals surface area contributed by atoms with Gasteiger partial charge in [-0.15, -0.1) is 0 Å². The van der Waals surface area contributed by atoms with Crippen LogP contribution in [0.1, 0.15) is 105 Å². The van der Waals surface area contributed by atoms with Gasteiger partial charge in [0.1, 0.15) is 0 Å². The summed E-state index contributed by atoms with van der Waals surface area (Å²) in [6.45, 7) is 12.2. The first-order valence-electron chi connectivity index (χ1n) is 16.3. The third-order valence-corrected chi connectivity index (χ3v) is 10.2. The number of alkyl halides is 3. The number of rotatable bonds is 8. The lowest BCUT2D eigenvalue weighted by molar-refractivity contribution is -0.143. The van der Waals surface area contributed by atoms with Gasteiger partial charge in [-0.2, -0.15) is 18.3 Å². The number of fused-ring (bicyclic) bond motifs is 1. The van der Waals surface area contributed by atoms with Crippen molar-refractivity contribution in [3.63, 3.8) is 0 Å². The molecule has 2 aliphatic rings. The molecular weight excluding hydrogens is 589 g/mol. The number of amides is 1. The number of para-hydroxylation sites is 1. The molecule has 0 bridgehead atoms. The molecule has 10 heteroatoms. The lowest BCUT2D eigenvalue weighted by atomic mass is 9.62. The van der Waals surface area contributed by atoms with Crippen LogP contribution in [0.25, 0.3) is 5.69 Å². The highest BCUT2D eigenvalue weighted by Crippen LogP contribution is 2.47. The summed E-state index contributed by atoms with van der Waals surface area (Å²) >= 11 is 0. The fourth-order valence-corrected chi connectivity index (χ4v) is 7.22. The predicted octanol–water partition coefficient (Wildman–Crippen LogP) is 7.27. The highest BCUT2D eigenvalue weighted by Gasteiger charge is 2.42. The summed E-state index contributed by atoms with van der Waals surface area (Å²) in [5.41, 5.74) is 14.4. The highest BCUT2D eigenvalue weighted by atomic mass is 19.4. The van der Waals surface area contributed by atoms with Crippen molar-refractivity contribution in [2.75, 3.05) is 13.1 Å². The summed E-state index contributed by atoms with van der Waals surface area (Å²) in [5.74, 6) is -0.0978. The molecule has 1 fully saturated rings. The standard InChI is InChI=1S/C36H47F3N6O/c1-23-17-29-30(35(4,5)16-15-34(29,2)3)18-26(23)22-44(21-25-13-11-24(12-14-25)19-42-33(40)41)32(46)28-20-43-45(31(28)36(37,38)39)27-9-7-6-8-10-27/h6-10,17-18,20,24-25H,11-16,19,21-22H2,1-5H3,(H4,40,41,42). The topological polar surface area (TPSA) is 103 Å². The maximum Gasteiger partial charge on any atom is 0.434 e. The summed E-state index contributed by atoms with van der Waals surface area (Å²) in [6, 6.07) is 12.6. The molecule has 1 aromatic heterocycles. The molecule has 0 unspecified atom stereocenters. The number of carbonyl (C=O) groups is 1. The van der Waals surface area contributed by atoms with Crippen LogP contribution in [0.5, 0.6) is 0 Å². The number of benzene rings is 2. The lowest BCUT2D eigenvalue weighted by Gasteiger charge is -2.42. The van der Waals surface area contributed by atoms with E-state index in [0.29, 0.717) is 19.0 Å². The van der Waals surface area contributed by atoms with Crippen LogP contribution >= 0.6 is 0 Å². The van der Waals surface area contributed by atoms with Gasteiger partial charge in [0.25, 0.3) is 5.91 Å². The van der Waals surface area contributed by atoms with E-state index in [2.05, 4.69) is 49.9 Å². The number of carbonyl (C=O) groups excluding carboxylic acids is 1. The highest BCUT2D eigenvalue weighted by molar-refractivity contribution is 5.95. The minimum absolute atomic E-state index is 0.0224. The van der Waals surface area contributed by atoms with Crippen molar-refractivity contribution in [1.82, 2.24) is 14.7 Å². The number of aromatic nitrogens is 2. The van der Waals surface area contributed by atoms with Gasteiger partial charge in [0, 0.05) is 19.6 Å². The number of aryl methyl sites for hydroxylation is 1. The number of guanidine groups is 1. The van der Waals surface area contributed by atoms with Crippen molar-refractivity contribution < 1.29 is 18.0 Å². The van der Waals surface area contributed by atoms with E-state index in [0.717, 1.165) is 60.5 Å². The molecule has 0 radical (unpaired) electrons. The summed E-state index contributed by atoms with van der Waals surface area (Å²) in [5, 5.41) is 4.08. The van der Waals surface area contributed by atoms with Gasteiger partial charge in [0.15, 0.2) is 11.7 Å². The van der Waals surface area contributed by atoms with Crippen LogP contribution < -0.4 is 11.5 Å². The number of halogens is 3. The van der Waals surface area contributed by atoms with Gasteiger partial charge in [-0.1, -0.05) is 58.0 Å². The molecule has 3 aromatic rings. The number of hydrogen-bond donors (Lipinski definition) is 2.